The number of aromatic nitrogens is 2. The van der Waals surface area contributed by atoms with Gasteiger partial charge in [0.15, 0.2) is 0 Å². The Bertz CT molecular complexity index is 1710. The third kappa shape index (κ3) is 5.42. The highest BCUT2D eigenvalue weighted by atomic mass is 16.5. The fourth-order valence-electron chi connectivity index (χ4n) is 6.40. The van der Waals surface area contributed by atoms with Gasteiger partial charge in [-0.15, -0.1) is 0 Å². The Morgan fingerprint density at radius 2 is 1.55 bits per heavy atom. The van der Waals surface area contributed by atoms with E-state index in [1.54, 1.807) is 9.13 Å². The van der Waals surface area contributed by atoms with Gasteiger partial charge in [-0.05, 0) is 85.3 Å². The standard InChI is InChI=1S/C36H37N3O3/c1-3-42-35(40)34(30-11-5-4-6-12-30)37-22-20-28(21-23-37)27-16-18-31(19-17-27)39-25-24-38(36(39)41)26(2)32-15-9-13-29-10-7-8-14-33(29)32/h4-19,24-26,28,34H,3,20-23H2,1-2H3/t26-,34?/m0/s1. The SMILES string of the molecule is CCOC(=O)C(c1ccccc1)N1CCC(c2ccc(-n3ccn([C@@H](C)c4cccc5ccccc45)c3=O)cc2)CC1. The molecule has 2 heterocycles. The first-order valence-electron chi connectivity index (χ1n) is 14.9. The van der Waals surface area contributed by atoms with Crippen molar-refractivity contribution in [3.63, 3.8) is 0 Å². The van der Waals surface area contributed by atoms with Crippen molar-refractivity contribution >= 4 is 16.7 Å². The van der Waals surface area contributed by atoms with Crippen LogP contribution in [0.3, 0.4) is 0 Å². The minimum Gasteiger partial charge on any atom is -0.465 e. The quantitative estimate of drug-likeness (QED) is 0.194. The number of esters is 1. The van der Waals surface area contributed by atoms with Gasteiger partial charge in [-0.25, -0.2) is 9.59 Å². The molecule has 2 atom stereocenters. The van der Waals surface area contributed by atoms with Crippen LogP contribution in [0, 0.1) is 0 Å². The van der Waals surface area contributed by atoms with E-state index in [0.717, 1.165) is 42.7 Å². The predicted octanol–water partition coefficient (Wildman–Crippen LogP) is 6.89. The summed E-state index contributed by atoms with van der Waals surface area (Å²) in [6.07, 6.45) is 5.66. The van der Waals surface area contributed by atoms with Crippen LogP contribution in [0.25, 0.3) is 16.5 Å². The van der Waals surface area contributed by atoms with Gasteiger partial charge < -0.3 is 4.74 Å². The highest BCUT2D eigenvalue weighted by Gasteiger charge is 2.32. The summed E-state index contributed by atoms with van der Waals surface area (Å²) < 4.78 is 8.96. The number of carbonyl (C=O) groups is 1. The van der Waals surface area contributed by atoms with Crippen LogP contribution in [0.15, 0.2) is 114 Å². The van der Waals surface area contributed by atoms with Gasteiger partial charge in [0.1, 0.15) is 6.04 Å². The Labute approximate surface area is 246 Å². The van der Waals surface area contributed by atoms with Crippen molar-refractivity contribution in [3.05, 3.63) is 137 Å². The number of ether oxygens (including phenoxy) is 1. The highest BCUT2D eigenvalue weighted by molar-refractivity contribution is 5.86. The second kappa shape index (κ2) is 12.2. The van der Waals surface area contributed by atoms with E-state index in [1.807, 2.05) is 73.9 Å². The van der Waals surface area contributed by atoms with Crippen molar-refractivity contribution in [2.45, 2.75) is 44.7 Å². The molecule has 5 aromatic rings. The summed E-state index contributed by atoms with van der Waals surface area (Å²) in [7, 11) is 0. The van der Waals surface area contributed by atoms with E-state index in [1.165, 1.54) is 16.3 Å². The lowest BCUT2D eigenvalue weighted by molar-refractivity contribution is -0.150. The van der Waals surface area contributed by atoms with Crippen molar-refractivity contribution in [1.82, 2.24) is 14.0 Å². The fourth-order valence-corrected chi connectivity index (χ4v) is 6.40. The molecule has 214 valence electrons. The van der Waals surface area contributed by atoms with Crippen LogP contribution in [-0.2, 0) is 9.53 Å². The molecule has 1 aliphatic heterocycles. The number of carbonyl (C=O) groups excluding carboxylic acids is 1. The molecule has 1 fully saturated rings. The zero-order valence-electron chi connectivity index (χ0n) is 24.2. The lowest BCUT2D eigenvalue weighted by Crippen LogP contribution is -2.40. The number of fused-ring (bicyclic) bond motifs is 1. The number of hydrogen-bond acceptors (Lipinski definition) is 4. The third-order valence-electron chi connectivity index (χ3n) is 8.66. The third-order valence-corrected chi connectivity index (χ3v) is 8.66. The monoisotopic (exact) mass is 559 g/mol. The zero-order valence-corrected chi connectivity index (χ0v) is 24.2. The minimum atomic E-state index is -0.373. The summed E-state index contributed by atoms with van der Waals surface area (Å²) >= 11 is 0. The Balaban J connectivity index is 1.16. The molecular formula is C36H37N3O3. The molecule has 4 aromatic carbocycles. The molecular weight excluding hydrogens is 522 g/mol. The van der Waals surface area contributed by atoms with Gasteiger partial charge in [0.2, 0.25) is 0 Å². The van der Waals surface area contributed by atoms with Gasteiger partial charge in [-0.2, -0.15) is 0 Å². The molecule has 0 aliphatic carbocycles. The molecule has 42 heavy (non-hydrogen) atoms. The number of imidazole rings is 1. The first kappa shape index (κ1) is 27.7. The second-order valence-corrected chi connectivity index (χ2v) is 11.1. The first-order chi connectivity index (χ1) is 20.5. The van der Waals surface area contributed by atoms with Crippen molar-refractivity contribution in [1.29, 1.82) is 0 Å². The van der Waals surface area contributed by atoms with Crippen LogP contribution in [-0.4, -0.2) is 39.7 Å². The van der Waals surface area contributed by atoms with Gasteiger partial charge in [-0.1, -0.05) is 84.9 Å². The molecule has 0 saturated carbocycles. The van der Waals surface area contributed by atoms with E-state index in [-0.39, 0.29) is 23.7 Å². The summed E-state index contributed by atoms with van der Waals surface area (Å²) in [6, 6.07) is 32.4. The van der Waals surface area contributed by atoms with Crippen LogP contribution in [0.2, 0.25) is 0 Å². The summed E-state index contributed by atoms with van der Waals surface area (Å²) in [5, 5.41) is 2.34. The maximum atomic E-state index is 13.5. The Hall–Kier alpha value is -4.42. The Kier molecular flexibility index (Phi) is 8.06. The van der Waals surface area contributed by atoms with E-state index in [2.05, 4.69) is 54.3 Å². The summed E-state index contributed by atoms with van der Waals surface area (Å²) in [5.41, 5.74) is 4.18. The topological polar surface area (TPSA) is 56.5 Å². The summed E-state index contributed by atoms with van der Waals surface area (Å²) in [4.78, 5) is 28.6. The number of piperidine rings is 1. The van der Waals surface area contributed by atoms with Crippen molar-refractivity contribution in [3.8, 4) is 5.69 Å². The molecule has 6 heteroatoms. The maximum absolute atomic E-state index is 13.5. The number of nitrogens with zero attached hydrogens (tertiary/aromatic N) is 3. The van der Waals surface area contributed by atoms with E-state index < -0.39 is 0 Å². The van der Waals surface area contributed by atoms with E-state index in [9.17, 15) is 9.59 Å². The van der Waals surface area contributed by atoms with Crippen LogP contribution < -0.4 is 5.69 Å². The average Bonchev–Trinajstić information content (AvgIpc) is 3.42. The first-order valence-corrected chi connectivity index (χ1v) is 14.9. The van der Waals surface area contributed by atoms with E-state index in [4.69, 9.17) is 4.74 Å². The van der Waals surface area contributed by atoms with Gasteiger partial charge in [0.25, 0.3) is 0 Å². The molecule has 1 unspecified atom stereocenters. The molecule has 1 aromatic heterocycles. The largest absolute Gasteiger partial charge is 0.465 e. The Morgan fingerprint density at radius 1 is 0.857 bits per heavy atom. The van der Waals surface area contributed by atoms with Gasteiger partial charge in [0.05, 0.1) is 18.3 Å². The normalized spacial score (nSPS) is 15.9. The molecule has 0 N–H and O–H groups in total. The average molecular weight is 560 g/mol. The molecule has 1 aliphatic rings. The lowest BCUT2D eigenvalue weighted by Gasteiger charge is -2.36. The van der Waals surface area contributed by atoms with Gasteiger partial charge >= 0.3 is 11.7 Å². The molecule has 6 nitrogen and oxygen atoms in total. The maximum Gasteiger partial charge on any atom is 0.333 e. The zero-order chi connectivity index (χ0) is 29.1. The van der Waals surface area contributed by atoms with Crippen LogP contribution in [0.1, 0.15) is 61.4 Å². The van der Waals surface area contributed by atoms with Crippen LogP contribution in [0.4, 0.5) is 0 Å². The molecule has 1 saturated heterocycles. The number of likely N-dealkylation sites (tertiary alicyclic amines) is 1. The van der Waals surface area contributed by atoms with Crippen molar-refractivity contribution in [2.75, 3.05) is 19.7 Å². The highest BCUT2D eigenvalue weighted by Crippen LogP contribution is 2.33. The summed E-state index contributed by atoms with van der Waals surface area (Å²) in [6.45, 7) is 5.94. The molecule has 0 amide bonds. The van der Waals surface area contributed by atoms with Crippen molar-refractivity contribution < 1.29 is 9.53 Å². The van der Waals surface area contributed by atoms with Gasteiger partial charge in [-0.3, -0.25) is 14.0 Å². The molecule has 0 spiro atoms. The molecule has 0 bridgehead atoms. The second-order valence-electron chi connectivity index (χ2n) is 11.1. The van der Waals surface area contributed by atoms with Gasteiger partial charge in [0, 0.05) is 12.4 Å². The Morgan fingerprint density at radius 3 is 2.29 bits per heavy atom. The fraction of sp³-hybridized carbons (Fsp3) is 0.278. The minimum absolute atomic E-state index is 0.0533. The molecule has 6 rings (SSSR count). The lowest BCUT2D eigenvalue weighted by atomic mass is 9.88. The number of benzene rings is 4. The number of rotatable bonds is 8. The van der Waals surface area contributed by atoms with Crippen molar-refractivity contribution in [2.24, 2.45) is 0 Å². The van der Waals surface area contributed by atoms with E-state index >= 15 is 0 Å². The summed E-state index contributed by atoms with van der Waals surface area (Å²) in [5.74, 6) is 0.222. The smallest absolute Gasteiger partial charge is 0.333 e. The number of hydrogen-bond donors (Lipinski definition) is 0. The predicted molar refractivity (Wildman–Crippen MR) is 167 cm³/mol. The van der Waals surface area contributed by atoms with Crippen LogP contribution >= 0.6 is 0 Å². The molecule has 0 radical (unpaired) electrons. The van der Waals surface area contributed by atoms with Crippen LogP contribution in [0.5, 0.6) is 0 Å². The van der Waals surface area contributed by atoms with E-state index in [0.29, 0.717) is 12.5 Å².